The van der Waals surface area contributed by atoms with Crippen LogP contribution in [0.4, 0.5) is 4.39 Å². The second-order valence-corrected chi connectivity index (χ2v) is 4.77. The summed E-state index contributed by atoms with van der Waals surface area (Å²) in [6, 6.07) is 4.09. The molecule has 1 atom stereocenters. The van der Waals surface area contributed by atoms with Crippen molar-refractivity contribution in [3.8, 4) is 0 Å². The zero-order valence-corrected chi connectivity index (χ0v) is 11.9. The third-order valence-corrected chi connectivity index (χ3v) is 3.07. The first-order valence-corrected chi connectivity index (χ1v) is 6.07. The molecule has 0 bridgehead atoms. The lowest BCUT2D eigenvalue weighted by Crippen LogP contribution is -2.45. The van der Waals surface area contributed by atoms with Crippen LogP contribution in [0.1, 0.15) is 17.3 Å². The lowest BCUT2D eigenvalue weighted by atomic mass is 10.1. The van der Waals surface area contributed by atoms with Gasteiger partial charge in [-0.25, -0.2) is 4.39 Å². The Bertz CT molecular complexity index is 435. The summed E-state index contributed by atoms with van der Waals surface area (Å²) in [4.78, 5) is 11.9. The van der Waals surface area contributed by atoms with Crippen LogP contribution in [-0.2, 0) is 9.47 Å². The molecule has 0 fully saturated rings. The first-order chi connectivity index (χ1) is 8.93. The van der Waals surface area contributed by atoms with Crippen molar-refractivity contribution in [3.63, 3.8) is 0 Å². The minimum atomic E-state index is -0.678. The molecule has 0 unspecified atom stereocenters. The predicted octanol–water partition coefficient (Wildman–Crippen LogP) is 2.26. The zero-order chi connectivity index (χ0) is 14.5. The standard InChI is InChI=1S/C13H17ClFNO3/c1-13(19-3,8-18-2)7-16-12(17)11-9(14)5-4-6-10(11)15/h4-6H,7-8H2,1-3H3,(H,16,17)/t13-/m1/s1. The number of hydrogen-bond acceptors (Lipinski definition) is 3. The molecular formula is C13H17ClFNO3. The van der Waals surface area contributed by atoms with E-state index in [9.17, 15) is 9.18 Å². The van der Waals surface area contributed by atoms with Crippen molar-refractivity contribution in [2.24, 2.45) is 0 Å². The molecule has 0 aliphatic carbocycles. The maximum absolute atomic E-state index is 13.5. The lowest BCUT2D eigenvalue weighted by molar-refractivity contribution is -0.0480. The highest BCUT2D eigenvalue weighted by molar-refractivity contribution is 6.33. The molecule has 1 rings (SSSR count). The maximum atomic E-state index is 13.5. The number of amides is 1. The molecule has 1 aromatic carbocycles. The van der Waals surface area contributed by atoms with Crippen LogP contribution in [0.3, 0.4) is 0 Å². The average molecular weight is 290 g/mol. The molecular weight excluding hydrogens is 273 g/mol. The Morgan fingerprint density at radius 3 is 2.68 bits per heavy atom. The minimum absolute atomic E-state index is 0.0726. The minimum Gasteiger partial charge on any atom is -0.382 e. The van der Waals surface area contributed by atoms with Crippen molar-refractivity contribution in [2.45, 2.75) is 12.5 Å². The van der Waals surface area contributed by atoms with Crippen molar-refractivity contribution >= 4 is 17.5 Å². The summed E-state index contributed by atoms with van der Waals surface area (Å²) in [5.74, 6) is -1.24. The van der Waals surface area contributed by atoms with Crippen molar-refractivity contribution in [2.75, 3.05) is 27.4 Å². The van der Waals surface area contributed by atoms with Gasteiger partial charge in [0.2, 0.25) is 0 Å². The molecule has 0 heterocycles. The van der Waals surface area contributed by atoms with Crippen LogP contribution in [0.15, 0.2) is 18.2 Å². The molecule has 19 heavy (non-hydrogen) atoms. The molecule has 1 amide bonds. The zero-order valence-electron chi connectivity index (χ0n) is 11.1. The van der Waals surface area contributed by atoms with Crippen molar-refractivity contribution in [1.29, 1.82) is 0 Å². The number of benzene rings is 1. The van der Waals surface area contributed by atoms with Gasteiger partial charge in [0.05, 0.1) is 17.2 Å². The van der Waals surface area contributed by atoms with Crippen molar-refractivity contribution < 1.29 is 18.7 Å². The number of hydrogen-bond donors (Lipinski definition) is 1. The van der Waals surface area contributed by atoms with E-state index in [1.165, 1.54) is 32.4 Å². The number of nitrogens with one attached hydrogen (secondary N) is 1. The molecule has 1 N–H and O–H groups in total. The van der Waals surface area contributed by atoms with Crippen LogP contribution in [0.2, 0.25) is 5.02 Å². The summed E-state index contributed by atoms with van der Waals surface area (Å²) in [6.07, 6.45) is 0. The lowest BCUT2D eigenvalue weighted by Gasteiger charge is -2.27. The Hall–Kier alpha value is -1.17. The van der Waals surface area contributed by atoms with Gasteiger partial charge in [-0.2, -0.15) is 0 Å². The second-order valence-electron chi connectivity index (χ2n) is 4.37. The van der Waals surface area contributed by atoms with Gasteiger partial charge in [-0.15, -0.1) is 0 Å². The number of methoxy groups -OCH3 is 2. The first-order valence-electron chi connectivity index (χ1n) is 5.70. The Morgan fingerprint density at radius 2 is 2.16 bits per heavy atom. The second kappa shape index (κ2) is 6.84. The number of rotatable bonds is 6. The van der Waals surface area contributed by atoms with Crippen LogP contribution in [-0.4, -0.2) is 38.9 Å². The molecule has 0 saturated carbocycles. The summed E-state index contributed by atoms with van der Waals surface area (Å²) in [5, 5.41) is 2.66. The number of halogens is 2. The van der Waals surface area contributed by atoms with E-state index in [0.29, 0.717) is 6.61 Å². The summed E-state index contributed by atoms with van der Waals surface area (Å²) >= 11 is 5.81. The molecule has 0 spiro atoms. The Labute approximate surface area is 116 Å². The van der Waals surface area contributed by atoms with Crippen LogP contribution in [0, 0.1) is 5.82 Å². The van der Waals surface area contributed by atoms with Gasteiger partial charge in [-0.1, -0.05) is 17.7 Å². The highest BCUT2D eigenvalue weighted by atomic mass is 35.5. The van der Waals surface area contributed by atoms with E-state index in [4.69, 9.17) is 21.1 Å². The van der Waals surface area contributed by atoms with E-state index in [1.807, 2.05) is 0 Å². The summed E-state index contributed by atoms with van der Waals surface area (Å²) in [6.45, 7) is 2.26. The van der Waals surface area contributed by atoms with E-state index >= 15 is 0 Å². The quantitative estimate of drug-likeness (QED) is 0.874. The normalized spacial score (nSPS) is 13.9. The largest absolute Gasteiger partial charge is 0.382 e. The van der Waals surface area contributed by atoms with Crippen molar-refractivity contribution in [1.82, 2.24) is 5.32 Å². The molecule has 0 saturated heterocycles. The molecule has 106 valence electrons. The fourth-order valence-electron chi connectivity index (χ4n) is 1.56. The van der Waals surface area contributed by atoms with Crippen LogP contribution in [0.5, 0.6) is 0 Å². The fraction of sp³-hybridized carbons (Fsp3) is 0.462. The molecule has 1 aromatic rings. The molecule has 6 heteroatoms. The van der Waals surface area contributed by atoms with E-state index in [2.05, 4.69) is 5.32 Å². The summed E-state index contributed by atoms with van der Waals surface area (Å²) < 4.78 is 23.8. The van der Waals surface area contributed by atoms with Crippen LogP contribution in [0.25, 0.3) is 0 Å². The molecule has 0 aliphatic heterocycles. The van der Waals surface area contributed by atoms with Gasteiger partial charge in [-0.05, 0) is 19.1 Å². The van der Waals surface area contributed by atoms with Crippen LogP contribution < -0.4 is 5.32 Å². The third-order valence-electron chi connectivity index (χ3n) is 2.76. The van der Waals surface area contributed by atoms with Gasteiger partial charge in [0.25, 0.3) is 5.91 Å². The third kappa shape index (κ3) is 4.16. The monoisotopic (exact) mass is 289 g/mol. The Morgan fingerprint density at radius 1 is 1.47 bits per heavy atom. The van der Waals surface area contributed by atoms with E-state index in [-0.39, 0.29) is 17.1 Å². The van der Waals surface area contributed by atoms with Gasteiger partial charge in [0.1, 0.15) is 11.4 Å². The SMILES string of the molecule is COC[C@@](C)(CNC(=O)c1c(F)cccc1Cl)OC. The first kappa shape index (κ1) is 15.9. The van der Waals surface area contributed by atoms with E-state index in [0.717, 1.165) is 0 Å². The molecule has 0 aliphatic rings. The Kier molecular flexibility index (Phi) is 5.72. The van der Waals surface area contributed by atoms with E-state index in [1.54, 1.807) is 6.92 Å². The molecule has 4 nitrogen and oxygen atoms in total. The van der Waals surface area contributed by atoms with Gasteiger partial charge in [0.15, 0.2) is 0 Å². The summed E-state index contributed by atoms with van der Waals surface area (Å²) in [7, 11) is 3.05. The Balaban J connectivity index is 2.75. The van der Waals surface area contributed by atoms with E-state index < -0.39 is 17.3 Å². The average Bonchev–Trinajstić information content (AvgIpc) is 2.36. The molecule has 0 radical (unpaired) electrons. The summed E-state index contributed by atoms with van der Waals surface area (Å²) in [5.41, 5.74) is -0.845. The van der Waals surface area contributed by atoms with Gasteiger partial charge < -0.3 is 14.8 Å². The number of ether oxygens (including phenoxy) is 2. The predicted molar refractivity (Wildman–Crippen MR) is 71.0 cm³/mol. The highest BCUT2D eigenvalue weighted by Crippen LogP contribution is 2.19. The highest BCUT2D eigenvalue weighted by Gasteiger charge is 2.25. The number of carbonyl (C=O) groups is 1. The smallest absolute Gasteiger partial charge is 0.255 e. The van der Waals surface area contributed by atoms with Gasteiger partial charge in [0, 0.05) is 20.8 Å². The van der Waals surface area contributed by atoms with Gasteiger partial charge in [-0.3, -0.25) is 4.79 Å². The molecule has 0 aromatic heterocycles. The van der Waals surface area contributed by atoms with Crippen LogP contribution >= 0.6 is 11.6 Å². The van der Waals surface area contributed by atoms with Crippen molar-refractivity contribution in [3.05, 3.63) is 34.6 Å². The fourth-order valence-corrected chi connectivity index (χ4v) is 1.81. The van der Waals surface area contributed by atoms with Gasteiger partial charge >= 0.3 is 0 Å². The number of carbonyl (C=O) groups excluding carboxylic acids is 1. The topological polar surface area (TPSA) is 47.6 Å². The maximum Gasteiger partial charge on any atom is 0.255 e.